The van der Waals surface area contributed by atoms with Crippen molar-refractivity contribution in [2.75, 3.05) is 6.54 Å². The topological polar surface area (TPSA) is 89.9 Å². The van der Waals surface area contributed by atoms with Crippen LogP contribution in [0.3, 0.4) is 0 Å². The van der Waals surface area contributed by atoms with Crippen molar-refractivity contribution in [3.05, 3.63) is 21.6 Å². The summed E-state index contributed by atoms with van der Waals surface area (Å²) in [4.78, 5) is 17.1. The van der Waals surface area contributed by atoms with E-state index in [4.69, 9.17) is 14.0 Å². The van der Waals surface area contributed by atoms with Crippen LogP contribution in [0.4, 0.5) is 4.79 Å². The predicted molar refractivity (Wildman–Crippen MR) is 106 cm³/mol. The van der Waals surface area contributed by atoms with Gasteiger partial charge in [-0.3, -0.25) is 0 Å². The summed E-state index contributed by atoms with van der Waals surface area (Å²) in [5.41, 5.74) is -0.855. The van der Waals surface area contributed by atoms with E-state index < -0.39 is 30.0 Å². The number of ether oxygens (including phenoxy) is 1. The number of nitrogens with zero attached hydrogens (tertiary/aromatic N) is 1. The van der Waals surface area contributed by atoms with E-state index in [1.54, 1.807) is 6.20 Å². The zero-order valence-electron chi connectivity index (χ0n) is 17.1. The van der Waals surface area contributed by atoms with Gasteiger partial charge in [0.1, 0.15) is 10.6 Å². The molecule has 2 rings (SSSR count). The largest absolute Gasteiger partial charge is 0.492 e. The number of aliphatic hydroxyl groups excluding tert-OH is 1. The number of carbonyl (C=O) groups excluding carboxylic acids is 1. The predicted octanol–water partition coefficient (Wildman–Crippen LogP) is 3.17. The number of hydrogen-bond acceptors (Lipinski definition) is 7. The summed E-state index contributed by atoms with van der Waals surface area (Å²) >= 11 is 1.37. The summed E-state index contributed by atoms with van der Waals surface area (Å²) in [5, 5.41) is 12.7. The van der Waals surface area contributed by atoms with E-state index in [1.165, 1.54) is 11.3 Å². The molecule has 2 N–H and O–H groups in total. The van der Waals surface area contributed by atoms with Crippen LogP contribution in [0.15, 0.2) is 11.7 Å². The number of aliphatic hydroxyl groups is 1. The standard InChI is InChI=1S/C18H29BN2O5S/c1-16(2,3)24-15(23)21-9-12(8-14-20-10-13(11-22)27-14)19-25-17(4,5)18(6,7)26-19/h8,10,22H,9,11H2,1-7H3,(H,21,23). The van der Waals surface area contributed by atoms with Crippen LogP contribution in [0.5, 0.6) is 0 Å². The van der Waals surface area contributed by atoms with Gasteiger partial charge in [-0.1, -0.05) is 0 Å². The van der Waals surface area contributed by atoms with Gasteiger partial charge in [0.25, 0.3) is 0 Å². The molecule has 1 amide bonds. The van der Waals surface area contributed by atoms with Gasteiger partial charge in [0.15, 0.2) is 0 Å². The third-order valence-electron chi connectivity index (χ3n) is 4.43. The Kier molecular flexibility index (Phi) is 6.41. The Hall–Kier alpha value is -1.42. The number of rotatable bonds is 5. The fourth-order valence-corrected chi connectivity index (χ4v) is 3.06. The van der Waals surface area contributed by atoms with E-state index in [2.05, 4.69) is 10.3 Å². The van der Waals surface area contributed by atoms with Crippen LogP contribution in [-0.4, -0.2) is 46.7 Å². The first kappa shape index (κ1) is 21.9. The molecule has 0 bridgehead atoms. The highest BCUT2D eigenvalue weighted by Gasteiger charge is 2.52. The molecule has 0 radical (unpaired) electrons. The first-order chi connectivity index (χ1) is 12.3. The van der Waals surface area contributed by atoms with E-state index in [0.29, 0.717) is 5.01 Å². The Morgan fingerprint density at radius 2 is 1.93 bits per heavy atom. The molecule has 1 saturated heterocycles. The van der Waals surface area contributed by atoms with Crippen molar-refractivity contribution in [2.45, 2.75) is 71.9 Å². The van der Waals surface area contributed by atoms with Crippen LogP contribution >= 0.6 is 11.3 Å². The average Bonchev–Trinajstić information content (AvgIpc) is 3.03. The molecule has 1 aliphatic heterocycles. The molecule has 1 aromatic rings. The average molecular weight is 396 g/mol. The fraction of sp³-hybridized carbons (Fsp3) is 0.667. The number of hydrogen-bond donors (Lipinski definition) is 2. The first-order valence-electron chi connectivity index (χ1n) is 8.91. The summed E-state index contributed by atoms with van der Waals surface area (Å²) in [6.45, 7) is 13.4. The van der Waals surface area contributed by atoms with Crippen LogP contribution < -0.4 is 5.32 Å². The van der Waals surface area contributed by atoms with E-state index >= 15 is 0 Å². The van der Waals surface area contributed by atoms with Gasteiger partial charge in [0.2, 0.25) is 0 Å². The van der Waals surface area contributed by atoms with Crippen molar-refractivity contribution in [1.82, 2.24) is 10.3 Å². The third-order valence-corrected chi connectivity index (χ3v) is 5.36. The van der Waals surface area contributed by atoms with E-state index in [-0.39, 0.29) is 13.2 Å². The van der Waals surface area contributed by atoms with Crippen molar-refractivity contribution < 1.29 is 23.9 Å². The van der Waals surface area contributed by atoms with Crippen LogP contribution in [-0.2, 0) is 20.7 Å². The molecule has 0 saturated carbocycles. The Labute approximate surface area is 165 Å². The van der Waals surface area contributed by atoms with E-state index in [9.17, 15) is 9.90 Å². The van der Waals surface area contributed by atoms with Crippen LogP contribution in [0.1, 0.15) is 58.4 Å². The zero-order valence-corrected chi connectivity index (χ0v) is 17.9. The molecule has 7 nitrogen and oxygen atoms in total. The smallest absolute Gasteiger partial charge is 0.444 e. The molecule has 2 heterocycles. The summed E-state index contributed by atoms with van der Waals surface area (Å²) in [7, 11) is -0.619. The maximum Gasteiger partial charge on any atom is 0.492 e. The lowest BCUT2D eigenvalue weighted by Crippen LogP contribution is -2.41. The van der Waals surface area contributed by atoms with Gasteiger partial charge >= 0.3 is 13.2 Å². The number of alkyl carbamates (subject to hydrolysis) is 1. The number of nitrogens with one attached hydrogen (secondary N) is 1. The van der Waals surface area contributed by atoms with E-state index in [1.807, 2.05) is 54.5 Å². The highest BCUT2D eigenvalue weighted by molar-refractivity contribution is 7.12. The molecule has 0 atom stereocenters. The molecule has 0 unspecified atom stereocenters. The fourth-order valence-electron chi connectivity index (χ4n) is 2.31. The Morgan fingerprint density at radius 3 is 2.41 bits per heavy atom. The van der Waals surface area contributed by atoms with Gasteiger partial charge in [-0.25, -0.2) is 9.78 Å². The maximum absolute atomic E-state index is 12.0. The van der Waals surface area contributed by atoms with Crippen LogP contribution in [0.25, 0.3) is 6.08 Å². The van der Waals surface area contributed by atoms with Gasteiger partial charge in [-0.2, -0.15) is 0 Å². The Morgan fingerprint density at radius 1 is 1.33 bits per heavy atom. The zero-order chi connectivity index (χ0) is 20.5. The maximum atomic E-state index is 12.0. The summed E-state index contributed by atoms with van der Waals surface area (Å²) < 4.78 is 17.5. The molecule has 0 spiro atoms. The molecule has 1 aliphatic rings. The SMILES string of the molecule is CC(C)(C)OC(=O)NCC(=Cc1ncc(CO)s1)B1OC(C)(C)C(C)(C)O1. The molecule has 1 fully saturated rings. The molecular weight excluding hydrogens is 367 g/mol. The quantitative estimate of drug-likeness (QED) is 0.743. The van der Waals surface area contributed by atoms with Crippen molar-refractivity contribution in [2.24, 2.45) is 0 Å². The van der Waals surface area contributed by atoms with Crippen LogP contribution in [0, 0.1) is 0 Å². The van der Waals surface area contributed by atoms with Gasteiger partial charge in [-0.05, 0) is 60.0 Å². The van der Waals surface area contributed by atoms with E-state index in [0.717, 1.165) is 10.3 Å². The van der Waals surface area contributed by atoms with Gasteiger partial charge in [0.05, 0.1) is 22.7 Å². The lowest BCUT2D eigenvalue weighted by Gasteiger charge is -2.32. The highest BCUT2D eigenvalue weighted by Crippen LogP contribution is 2.38. The summed E-state index contributed by atoms with van der Waals surface area (Å²) in [5.74, 6) is 0. The molecule has 9 heteroatoms. The minimum Gasteiger partial charge on any atom is -0.444 e. The van der Waals surface area contributed by atoms with Crippen molar-refractivity contribution in [1.29, 1.82) is 0 Å². The number of amides is 1. The highest BCUT2D eigenvalue weighted by atomic mass is 32.1. The number of thiazole rings is 1. The second-order valence-electron chi connectivity index (χ2n) is 8.49. The second-order valence-corrected chi connectivity index (χ2v) is 9.63. The van der Waals surface area contributed by atoms with Crippen molar-refractivity contribution >= 4 is 30.6 Å². The summed E-state index contributed by atoms with van der Waals surface area (Å²) in [6.07, 6.45) is 2.93. The molecule has 27 heavy (non-hydrogen) atoms. The van der Waals surface area contributed by atoms with Crippen LogP contribution in [0.2, 0.25) is 0 Å². The minimum atomic E-state index is -0.619. The Balaban J connectivity index is 2.20. The number of carbonyl (C=O) groups is 1. The molecule has 150 valence electrons. The molecule has 0 aromatic carbocycles. The second kappa shape index (κ2) is 7.91. The molecule has 1 aromatic heterocycles. The Bertz CT molecular complexity index is 693. The monoisotopic (exact) mass is 396 g/mol. The van der Waals surface area contributed by atoms with Gasteiger partial charge in [0, 0.05) is 12.7 Å². The lowest BCUT2D eigenvalue weighted by atomic mass is 9.77. The van der Waals surface area contributed by atoms with Crippen molar-refractivity contribution in [3.63, 3.8) is 0 Å². The minimum absolute atomic E-state index is 0.0620. The molecule has 0 aliphatic carbocycles. The molecular formula is C18H29BN2O5S. The van der Waals surface area contributed by atoms with Gasteiger partial charge < -0.3 is 24.5 Å². The first-order valence-corrected chi connectivity index (χ1v) is 9.73. The lowest BCUT2D eigenvalue weighted by molar-refractivity contribution is 0.00578. The van der Waals surface area contributed by atoms with Crippen molar-refractivity contribution in [3.8, 4) is 0 Å². The number of aromatic nitrogens is 1. The summed E-state index contributed by atoms with van der Waals surface area (Å²) in [6, 6.07) is 0. The normalized spacial score (nSPS) is 19.3. The third kappa shape index (κ3) is 5.78. The van der Waals surface area contributed by atoms with Gasteiger partial charge in [-0.15, -0.1) is 11.3 Å².